The predicted molar refractivity (Wildman–Crippen MR) is 60.0 cm³/mol. The summed E-state index contributed by atoms with van der Waals surface area (Å²) in [6.45, 7) is 6.67. The van der Waals surface area contributed by atoms with Crippen LogP contribution in [0.25, 0.3) is 0 Å². The minimum absolute atomic E-state index is 0.274. The number of esters is 1. The molecule has 6 nitrogen and oxygen atoms in total. The van der Waals surface area contributed by atoms with E-state index in [4.69, 9.17) is 0 Å². The smallest absolute Gasteiger partial charge is 0.318 e. The van der Waals surface area contributed by atoms with Gasteiger partial charge in [0, 0.05) is 6.54 Å². The van der Waals surface area contributed by atoms with Gasteiger partial charge in [-0.05, 0) is 23.3 Å². The van der Waals surface area contributed by atoms with Gasteiger partial charge in [-0.3, -0.25) is 4.79 Å². The van der Waals surface area contributed by atoms with Crippen LogP contribution in [0.4, 0.5) is 0 Å². The number of ether oxygens (including phenoxy) is 1. The Labute approximate surface area is 98.7 Å². The van der Waals surface area contributed by atoms with Gasteiger partial charge in [-0.2, -0.15) is 0 Å². The lowest BCUT2D eigenvalue weighted by Gasteiger charge is -2.09. The highest BCUT2D eigenvalue weighted by atomic mass is 32.2. The Balaban J connectivity index is 2.66. The van der Waals surface area contributed by atoms with Crippen LogP contribution in [0.5, 0.6) is 0 Å². The summed E-state index contributed by atoms with van der Waals surface area (Å²) in [5, 5.41) is 11.7. The number of rotatable bonds is 5. The Morgan fingerprint density at radius 1 is 1.50 bits per heavy atom. The third-order valence-electron chi connectivity index (χ3n) is 1.85. The molecule has 1 aromatic heterocycles. The molecule has 1 rings (SSSR count). The second kappa shape index (κ2) is 5.83. The first-order valence-corrected chi connectivity index (χ1v) is 5.93. The molecule has 7 heteroatoms. The monoisotopic (exact) mass is 244 g/mol. The third kappa shape index (κ3) is 3.48. The van der Waals surface area contributed by atoms with Crippen molar-refractivity contribution >= 4 is 17.7 Å². The molecule has 0 N–H and O–H groups in total. The Hall–Kier alpha value is -1.11. The molecule has 0 bridgehead atoms. The third-order valence-corrected chi connectivity index (χ3v) is 2.90. The summed E-state index contributed by atoms with van der Waals surface area (Å²) in [4.78, 5) is 11.3. The summed E-state index contributed by atoms with van der Waals surface area (Å²) in [6, 6.07) is 0. The quantitative estimate of drug-likeness (QED) is 0.568. The fourth-order valence-corrected chi connectivity index (χ4v) is 1.94. The average Bonchev–Trinajstić information content (AvgIpc) is 2.63. The second-order valence-corrected chi connectivity index (χ2v) is 5.13. The summed E-state index contributed by atoms with van der Waals surface area (Å²) in [6.07, 6.45) is 0. The van der Waals surface area contributed by atoms with E-state index in [0.717, 1.165) is 6.54 Å². The maximum atomic E-state index is 11.3. The number of thioether (sulfide) groups is 1. The topological polar surface area (TPSA) is 69.9 Å². The van der Waals surface area contributed by atoms with Gasteiger partial charge in [0.1, 0.15) is 5.25 Å². The van der Waals surface area contributed by atoms with E-state index in [-0.39, 0.29) is 11.2 Å². The zero-order valence-corrected chi connectivity index (χ0v) is 10.7. The second-order valence-electron chi connectivity index (χ2n) is 3.82. The Kier molecular flexibility index (Phi) is 4.72. The molecule has 0 aromatic carbocycles. The lowest BCUT2D eigenvalue weighted by Crippen LogP contribution is -2.16. The van der Waals surface area contributed by atoms with Crippen molar-refractivity contribution in [3.8, 4) is 0 Å². The van der Waals surface area contributed by atoms with E-state index in [2.05, 4.69) is 34.1 Å². The SMILES string of the molecule is COC(=O)C(C)Sc1nnnn1CC(C)C. The fourth-order valence-electron chi connectivity index (χ4n) is 1.11. The predicted octanol–water partition coefficient (Wildman–Crippen LogP) is 0.983. The molecule has 1 heterocycles. The maximum absolute atomic E-state index is 11.3. The summed E-state index contributed by atoms with van der Waals surface area (Å²) in [7, 11) is 1.37. The minimum atomic E-state index is -0.304. The molecule has 1 unspecified atom stereocenters. The van der Waals surface area contributed by atoms with Crippen molar-refractivity contribution in [2.24, 2.45) is 5.92 Å². The van der Waals surface area contributed by atoms with Gasteiger partial charge in [-0.25, -0.2) is 4.68 Å². The van der Waals surface area contributed by atoms with Crippen molar-refractivity contribution in [1.29, 1.82) is 0 Å². The number of hydrogen-bond donors (Lipinski definition) is 0. The minimum Gasteiger partial charge on any atom is -0.468 e. The number of tetrazole rings is 1. The standard InChI is InChI=1S/C9H16N4O2S/c1-6(2)5-13-9(10-11-12-13)16-7(3)8(14)15-4/h6-7H,5H2,1-4H3. The average molecular weight is 244 g/mol. The molecule has 1 aromatic rings. The van der Waals surface area contributed by atoms with Crippen molar-refractivity contribution in [2.45, 2.75) is 37.7 Å². The molecule has 0 amide bonds. The number of hydrogen-bond acceptors (Lipinski definition) is 6. The summed E-state index contributed by atoms with van der Waals surface area (Å²) < 4.78 is 6.35. The van der Waals surface area contributed by atoms with Gasteiger partial charge in [0.25, 0.3) is 0 Å². The molecule has 16 heavy (non-hydrogen) atoms. The molecule has 0 saturated heterocycles. The van der Waals surface area contributed by atoms with Crippen molar-refractivity contribution in [2.75, 3.05) is 7.11 Å². The first-order valence-electron chi connectivity index (χ1n) is 5.05. The van der Waals surface area contributed by atoms with Gasteiger partial charge in [0.05, 0.1) is 7.11 Å². The molecule has 0 aliphatic heterocycles. The Morgan fingerprint density at radius 2 is 2.19 bits per heavy atom. The molecule has 90 valence electrons. The van der Waals surface area contributed by atoms with E-state index in [0.29, 0.717) is 11.1 Å². The van der Waals surface area contributed by atoms with Gasteiger partial charge in [-0.1, -0.05) is 25.6 Å². The van der Waals surface area contributed by atoms with E-state index >= 15 is 0 Å². The zero-order chi connectivity index (χ0) is 12.1. The number of aromatic nitrogens is 4. The molecular formula is C9H16N4O2S. The summed E-state index contributed by atoms with van der Waals surface area (Å²) in [5.41, 5.74) is 0. The molecule has 0 aliphatic rings. The van der Waals surface area contributed by atoms with Gasteiger partial charge < -0.3 is 4.74 Å². The highest BCUT2D eigenvalue weighted by Crippen LogP contribution is 2.21. The normalized spacial score (nSPS) is 12.8. The Bertz CT molecular complexity index is 353. The first kappa shape index (κ1) is 13.0. The number of methoxy groups -OCH3 is 1. The maximum Gasteiger partial charge on any atom is 0.318 e. The van der Waals surface area contributed by atoms with Gasteiger partial charge in [0.2, 0.25) is 5.16 Å². The lowest BCUT2D eigenvalue weighted by atomic mass is 10.2. The molecule has 0 spiro atoms. The fraction of sp³-hybridized carbons (Fsp3) is 0.778. The highest BCUT2D eigenvalue weighted by molar-refractivity contribution is 8.00. The van der Waals surface area contributed by atoms with Crippen LogP contribution in [0.15, 0.2) is 5.16 Å². The van der Waals surface area contributed by atoms with Crippen LogP contribution in [-0.2, 0) is 16.1 Å². The van der Waals surface area contributed by atoms with E-state index < -0.39 is 0 Å². The number of nitrogens with zero attached hydrogens (tertiary/aromatic N) is 4. The van der Waals surface area contributed by atoms with Gasteiger partial charge >= 0.3 is 5.97 Å². The molecule has 0 fully saturated rings. The number of carbonyl (C=O) groups excluding carboxylic acids is 1. The van der Waals surface area contributed by atoms with Crippen LogP contribution in [-0.4, -0.2) is 38.5 Å². The van der Waals surface area contributed by atoms with Crippen LogP contribution in [0.3, 0.4) is 0 Å². The summed E-state index contributed by atoms with van der Waals surface area (Å²) in [5.74, 6) is 0.181. The largest absolute Gasteiger partial charge is 0.468 e. The molecule has 0 radical (unpaired) electrons. The van der Waals surface area contributed by atoms with Crippen molar-refractivity contribution < 1.29 is 9.53 Å². The molecule has 0 aliphatic carbocycles. The van der Waals surface area contributed by atoms with E-state index in [1.165, 1.54) is 18.9 Å². The Morgan fingerprint density at radius 3 is 2.75 bits per heavy atom. The van der Waals surface area contributed by atoms with Crippen LogP contribution in [0, 0.1) is 5.92 Å². The van der Waals surface area contributed by atoms with E-state index in [9.17, 15) is 4.79 Å². The molecule has 0 saturated carbocycles. The van der Waals surface area contributed by atoms with Gasteiger partial charge in [0.15, 0.2) is 0 Å². The van der Waals surface area contributed by atoms with Crippen LogP contribution in [0.2, 0.25) is 0 Å². The van der Waals surface area contributed by atoms with Crippen molar-refractivity contribution in [3.05, 3.63) is 0 Å². The first-order chi connectivity index (χ1) is 7.54. The lowest BCUT2D eigenvalue weighted by molar-refractivity contribution is -0.139. The van der Waals surface area contributed by atoms with Crippen LogP contribution < -0.4 is 0 Å². The molecular weight excluding hydrogens is 228 g/mol. The van der Waals surface area contributed by atoms with Crippen molar-refractivity contribution in [1.82, 2.24) is 20.2 Å². The molecule has 1 atom stereocenters. The van der Waals surface area contributed by atoms with Crippen LogP contribution in [0.1, 0.15) is 20.8 Å². The summed E-state index contributed by atoms with van der Waals surface area (Å²) >= 11 is 1.30. The van der Waals surface area contributed by atoms with Crippen molar-refractivity contribution in [3.63, 3.8) is 0 Å². The van der Waals surface area contributed by atoms with Crippen LogP contribution >= 0.6 is 11.8 Å². The highest BCUT2D eigenvalue weighted by Gasteiger charge is 2.18. The van der Waals surface area contributed by atoms with E-state index in [1.807, 2.05) is 0 Å². The van der Waals surface area contributed by atoms with E-state index in [1.54, 1.807) is 11.6 Å². The number of carbonyl (C=O) groups is 1. The zero-order valence-electron chi connectivity index (χ0n) is 9.88. The van der Waals surface area contributed by atoms with Gasteiger partial charge in [-0.15, -0.1) is 5.10 Å².